The van der Waals surface area contributed by atoms with E-state index in [2.05, 4.69) is 4.98 Å². The van der Waals surface area contributed by atoms with Crippen molar-refractivity contribution in [1.82, 2.24) is 9.55 Å². The Morgan fingerprint density at radius 1 is 1.47 bits per heavy atom. The normalized spacial score (nSPS) is 12.0. The van der Waals surface area contributed by atoms with Gasteiger partial charge in [-0.2, -0.15) is 0 Å². The lowest BCUT2D eigenvalue weighted by Crippen LogP contribution is -2.23. The molecule has 0 fully saturated rings. The van der Waals surface area contributed by atoms with Crippen molar-refractivity contribution in [3.8, 4) is 0 Å². The number of benzene rings is 1. The second kappa shape index (κ2) is 4.57. The van der Waals surface area contributed by atoms with Crippen LogP contribution in [0.2, 0.25) is 5.02 Å². The molecule has 0 amide bonds. The summed E-state index contributed by atoms with van der Waals surface area (Å²) in [5.41, 5.74) is -0.292. The Morgan fingerprint density at radius 2 is 2.11 bits per heavy atom. The molecule has 102 valence electrons. The molecular weight excluding hydrogens is 294 g/mol. The smallest absolute Gasteiger partial charge is 0.261 e. The van der Waals surface area contributed by atoms with E-state index in [0.29, 0.717) is 0 Å². The highest BCUT2D eigenvalue weighted by Gasteiger charge is 2.17. The molecule has 0 atom stereocenters. The monoisotopic (exact) mass is 303 g/mol. The number of aromatic nitrogens is 2. The first-order valence-electron chi connectivity index (χ1n) is 5.08. The van der Waals surface area contributed by atoms with E-state index in [4.69, 9.17) is 21.8 Å². The van der Waals surface area contributed by atoms with Gasteiger partial charge in [-0.1, -0.05) is 11.6 Å². The van der Waals surface area contributed by atoms with Crippen LogP contribution in [0, 0.1) is 0 Å². The number of hydrogen-bond donors (Lipinski definition) is 2. The van der Waals surface area contributed by atoms with E-state index < -0.39 is 22.2 Å². The maximum atomic E-state index is 12.0. The fourth-order valence-corrected chi connectivity index (χ4v) is 2.77. The summed E-state index contributed by atoms with van der Waals surface area (Å²) in [5, 5.41) is 14.0. The van der Waals surface area contributed by atoms with Crippen LogP contribution in [0.25, 0.3) is 10.9 Å². The lowest BCUT2D eigenvalue weighted by atomic mass is 10.2. The Morgan fingerprint density at radius 3 is 2.63 bits per heavy atom. The van der Waals surface area contributed by atoms with Crippen molar-refractivity contribution < 1.29 is 13.5 Å². The highest BCUT2D eigenvalue weighted by molar-refractivity contribution is 7.89. The summed E-state index contributed by atoms with van der Waals surface area (Å²) in [4.78, 5) is 15.7. The first-order valence-corrected chi connectivity index (χ1v) is 7.01. The highest BCUT2D eigenvalue weighted by Crippen LogP contribution is 2.24. The van der Waals surface area contributed by atoms with Gasteiger partial charge in [0.25, 0.3) is 5.56 Å². The van der Waals surface area contributed by atoms with E-state index >= 15 is 0 Å². The number of nitrogens with zero attached hydrogens (tertiary/aromatic N) is 2. The molecule has 1 aromatic carbocycles. The Labute approximate surface area is 113 Å². The van der Waals surface area contributed by atoms with Gasteiger partial charge in [0, 0.05) is 7.05 Å². The van der Waals surface area contributed by atoms with Crippen LogP contribution in [0.1, 0.15) is 5.82 Å². The van der Waals surface area contributed by atoms with Crippen molar-refractivity contribution in [2.45, 2.75) is 11.5 Å². The maximum Gasteiger partial charge on any atom is 0.261 e. The molecule has 2 aromatic rings. The number of primary sulfonamides is 1. The van der Waals surface area contributed by atoms with Crippen LogP contribution < -0.4 is 10.7 Å². The van der Waals surface area contributed by atoms with Gasteiger partial charge in [0.05, 0.1) is 15.9 Å². The van der Waals surface area contributed by atoms with Gasteiger partial charge in [0.1, 0.15) is 17.3 Å². The number of halogens is 1. The minimum absolute atomic E-state index is 0.0631. The largest absolute Gasteiger partial charge is 0.388 e. The summed E-state index contributed by atoms with van der Waals surface area (Å²) < 4.78 is 23.8. The number of sulfonamides is 1. The fourth-order valence-electron chi connectivity index (χ4n) is 1.68. The van der Waals surface area contributed by atoms with Crippen LogP contribution in [0.5, 0.6) is 0 Å². The molecule has 0 aliphatic rings. The van der Waals surface area contributed by atoms with Gasteiger partial charge in [-0.25, -0.2) is 18.5 Å². The Kier molecular flexibility index (Phi) is 3.35. The van der Waals surface area contributed by atoms with Crippen LogP contribution in [0.15, 0.2) is 21.8 Å². The minimum Gasteiger partial charge on any atom is -0.388 e. The second-order valence-electron chi connectivity index (χ2n) is 3.90. The molecule has 0 radical (unpaired) electrons. The van der Waals surface area contributed by atoms with Crippen LogP contribution >= 0.6 is 11.6 Å². The SMILES string of the molecule is Cn1c(CO)nc2cc(Cl)c(S(N)(=O)=O)cc2c1=O. The molecular formula is C10H10ClN3O4S. The summed E-state index contributed by atoms with van der Waals surface area (Å²) in [6.07, 6.45) is 0. The standard InChI is InChI=1S/C10H10ClN3O4S/c1-14-9(4-15)13-7-3-6(11)8(19(12,17)18)2-5(7)10(14)16/h2-3,15H,4H2,1H3,(H2,12,17,18). The molecule has 2 rings (SSSR count). The van der Waals surface area contributed by atoms with Gasteiger partial charge in [-0.3, -0.25) is 9.36 Å². The molecule has 3 N–H and O–H groups in total. The predicted molar refractivity (Wildman–Crippen MR) is 69.3 cm³/mol. The molecule has 0 saturated heterocycles. The van der Waals surface area contributed by atoms with Gasteiger partial charge >= 0.3 is 0 Å². The molecule has 0 saturated carbocycles. The zero-order valence-corrected chi connectivity index (χ0v) is 11.4. The van der Waals surface area contributed by atoms with Crippen LogP contribution in [-0.4, -0.2) is 23.1 Å². The summed E-state index contributed by atoms with van der Waals surface area (Å²) in [6, 6.07) is 2.32. The van der Waals surface area contributed by atoms with E-state index in [0.717, 1.165) is 10.6 Å². The first kappa shape index (κ1) is 13.9. The lowest BCUT2D eigenvalue weighted by Gasteiger charge is -2.08. The Hall–Kier alpha value is -1.48. The summed E-state index contributed by atoms with van der Waals surface area (Å²) in [7, 11) is -2.61. The van der Waals surface area contributed by atoms with E-state index in [1.165, 1.54) is 13.1 Å². The number of nitrogens with two attached hydrogens (primary N) is 1. The van der Waals surface area contributed by atoms with Crippen LogP contribution in [0.3, 0.4) is 0 Å². The molecule has 0 aliphatic heterocycles. The highest BCUT2D eigenvalue weighted by atomic mass is 35.5. The zero-order valence-electron chi connectivity index (χ0n) is 9.79. The van der Waals surface area contributed by atoms with Crippen molar-refractivity contribution in [3.05, 3.63) is 33.3 Å². The summed E-state index contributed by atoms with van der Waals surface area (Å²) in [6.45, 7) is -0.420. The summed E-state index contributed by atoms with van der Waals surface area (Å²) >= 11 is 5.81. The quantitative estimate of drug-likeness (QED) is 0.792. The third-order valence-electron chi connectivity index (χ3n) is 2.67. The number of fused-ring (bicyclic) bond motifs is 1. The number of aliphatic hydroxyl groups is 1. The molecule has 0 bridgehead atoms. The topological polar surface area (TPSA) is 115 Å². The van der Waals surface area contributed by atoms with Gasteiger partial charge in [-0.15, -0.1) is 0 Å². The summed E-state index contributed by atoms with van der Waals surface area (Å²) in [5.74, 6) is 0.150. The van der Waals surface area contributed by atoms with Crippen molar-refractivity contribution in [1.29, 1.82) is 0 Å². The molecule has 1 heterocycles. The molecule has 0 aliphatic carbocycles. The van der Waals surface area contributed by atoms with E-state index in [-0.39, 0.29) is 26.6 Å². The van der Waals surface area contributed by atoms with E-state index in [9.17, 15) is 13.2 Å². The second-order valence-corrected chi connectivity index (χ2v) is 5.83. The average Bonchev–Trinajstić information content (AvgIpc) is 2.31. The predicted octanol–water partition coefficient (Wildman–Crippen LogP) is -0.273. The zero-order chi connectivity index (χ0) is 14.4. The molecule has 7 nitrogen and oxygen atoms in total. The maximum absolute atomic E-state index is 12.0. The molecule has 9 heteroatoms. The molecule has 0 unspecified atom stereocenters. The number of hydrogen-bond acceptors (Lipinski definition) is 5. The minimum atomic E-state index is -4.03. The van der Waals surface area contributed by atoms with Crippen molar-refractivity contribution in [2.75, 3.05) is 0 Å². The average molecular weight is 304 g/mol. The third kappa shape index (κ3) is 2.35. The fraction of sp³-hybridized carbons (Fsp3) is 0.200. The van der Waals surface area contributed by atoms with E-state index in [1.807, 2.05) is 0 Å². The third-order valence-corrected chi connectivity index (χ3v) is 4.05. The van der Waals surface area contributed by atoms with Crippen molar-refractivity contribution >= 4 is 32.5 Å². The van der Waals surface area contributed by atoms with Gasteiger partial charge in [0.2, 0.25) is 10.0 Å². The first-order chi connectivity index (χ1) is 8.75. The molecule has 0 spiro atoms. The number of aliphatic hydroxyl groups excluding tert-OH is 1. The van der Waals surface area contributed by atoms with Gasteiger partial charge < -0.3 is 5.11 Å². The van der Waals surface area contributed by atoms with Gasteiger partial charge in [-0.05, 0) is 12.1 Å². The molecule has 19 heavy (non-hydrogen) atoms. The molecule has 1 aromatic heterocycles. The van der Waals surface area contributed by atoms with Crippen LogP contribution in [-0.2, 0) is 23.7 Å². The van der Waals surface area contributed by atoms with Crippen molar-refractivity contribution in [2.24, 2.45) is 12.2 Å². The number of rotatable bonds is 2. The van der Waals surface area contributed by atoms with Gasteiger partial charge in [0.15, 0.2) is 0 Å². The Balaban J connectivity index is 2.96. The lowest BCUT2D eigenvalue weighted by molar-refractivity contribution is 0.265. The van der Waals surface area contributed by atoms with E-state index in [1.54, 1.807) is 0 Å². The van der Waals surface area contributed by atoms with Crippen LogP contribution in [0.4, 0.5) is 0 Å². The van der Waals surface area contributed by atoms with Crippen molar-refractivity contribution in [3.63, 3.8) is 0 Å². The Bertz CT molecular complexity index is 829.